The van der Waals surface area contributed by atoms with E-state index in [1.54, 1.807) is 0 Å². The second-order valence-corrected chi connectivity index (χ2v) is 5.27. The molecule has 0 amide bonds. The highest BCUT2D eigenvalue weighted by molar-refractivity contribution is 4.79. The molecule has 1 N–H and O–H groups in total. The maximum atomic E-state index is 3.80. The fourth-order valence-electron chi connectivity index (χ4n) is 2.43. The quantitative estimate of drug-likeness (QED) is 0.669. The van der Waals surface area contributed by atoms with Crippen molar-refractivity contribution in [2.45, 2.75) is 52.1 Å². The molecule has 1 heterocycles. The van der Waals surface area contributed by atoms with Crippen molar-refractivity contribution in [2.24, 2.45) is 5.92 Å². The minimum absolute atomic E-state index is 0.593. The van der Waals surface area contributed by atoms with E-state index in [0.717, 1.165) is 19.0 Å². The number of allylic oxidation sites excluding steroid dienone is 1. The fraction of sp³-hybridized carbons (Fsp3) is 0.857. The molecule has 0 aromatic heterocycles. The Bertz CT molecular complexity index is 203. The third-order valence-electron chi connectivity index (χ3n) is 3.95. The van der Waals surface area contributed by atoms with Crippen LogP contribution in [0.4, 0.5) is 0 Å². The number of likely N-dealkylation sites (tertiary alicyclic amines) is 1. The van der Waals surface area contributed by atoms with E-state index in [1.165, 1.54) is 25.9 Å². The van der Waals surface area contributed by atoms with E-state index in [2.05, 4.69) is 37.6 Å². The van der Waals surface area contributed by atoms with E-state index in [-0.39, 0.29) is 0 Å². The summed E-state index contributed by atoms with van der Waals surface area (Å²) in [6.07, 6.45) is 5.88. The van der Waals surface area contributed by atoms with Crippen LogP contribution >= 0.6 is 0 Å². The average molecular weight is 224 g/mol. The normalized spacial score (nSPS) is 25.6. The fourth-order valence-corrected chi connectivity index (χ4v) is 2.43. The first-order valence-corrected chi connectivity index (χ1v) is 6.73. The van der Waals surface area contributed by atoms with Gasteiger partial charge < -0.3 is 5.32 Å². The first kappa shape index (κ1) is 13.7. The number of nitrogens with one attached hydrogen (secondary N) is 1. The number of hydrogen-bond donors (Lipinski definition) is 1. The summed E-state index contributed by atoms with van der Waals surface area (Å²) in [5.74, 6) is 0.688. The van der Waals surface area contributed by atoms with Crippen LogP contribution in [0.1, 0.15) is 40.0 Å². The van der Waals surface area contributed by atoms with Crippen LogP contribution in [0.2, 0.25) is 0 Å². The van der Waals surface area contributed by atoms with Crippen molar-refractivity contribution in [3.8, 4) is 0 Å². The molecule has 2 nitrogen and oxygen atoms in total. The van der Waals surface area contributed by atoms with Crippen molar-refractivity contribution in [1.82, 2.24) is 10.2 Å². The van der Waals surface area contributed by atoms with Crippen molar-refractivity contribution in [3.05, 3.63) is 12.7 Å². The van der Waals surface area contributed by atoms with E-state index in [9.17, 15) is 0 Å². The van der Waals surface area contributed by atoms with Crippen LogP contribution in [0.5, 0.6) is 0 Å². The second-order valence-electron chi connectivity index (χ2n) is 5.27. The molecule has 1 aliphatic heterocycles. The van der Waals surface area contributed by atoms with Crippen LogP contribution < -0.4 is 5.32 Å². The molecule has 1 saturated heterocycles. The Morgan fingerprint density at radius 1 is 1.50 bits per heavy atom. The Morgan fingerprint density at radius 2 is 2.25 bits per heavy atom. The molecule has 94 valence electrons. The van der Waals surface area contributed by atoms with Gasteiger partial charge in [0.25, 0.3) is 0 Å². The standard InChI is InChI=1S/C14H28N2/c1-5-7-12(2)14(4)15-9-11-16-10-6-8-13(16)3/h5,12-15H,1,6-11H2,2-4H3. The van der Waals surface area contributed by atoms with Gasteiger partial charge in [-0.05, 0) is 45.6 Å². The Labute approximate surface area is 101 Å². The van der Waals surface area contributed by atoms with E-state index in [4.69, 9.17) is 0 Å². The lowest BCUT2D eigenvalue weighted by Crippen LogP contribution is -2.39. The monoisotopic (exact) mass is 224 g/mol. The summed E-state index contributed by atoms with van der Waals surface area (Å²) in [7, 11) is 0. The van der Waals surface area contributed by atoms with Gasteiger partial charge in [-0.25, -0.2) is 0 Å². The van der Waals surface area contributed by atoms with Gasteiger partial charge in [0, 0.05) is 25.2 Å². The largest absolute Gasteiger partial charge is 0.313 e. The minimum Gasteiger partial charge on any atom is -0.313 e. The molecule has 2 heteroatoms. The van der Waals surface area contributed by atoms with Crippen LogP contribution in [-0.4, -0.2) is 36.6 Å². The molecule has 3 atom stereocenters. The number of nitrogens with zero attached hydrogens (tertiary/aromatic N) is 1. The predicted octanol–water partition coefficient (Wildman–Crippen LogP) is 2.66. The third kappa shape index (κ3) is 4.26. The molecule has 16 heavy (non-hydrogen) atoms. The molecule has 1 aliphatic rings. The van der Waals surface area contributed by atoms with Gasteiger partial charge in [-0.3, -0.25) is 4.90 Å². The van der Waals surface area contributed by atoms with Crippen molar-refractivity contribution in [3.63, 3.8) is 0 Å². The number of rotatable bonds is 7. The predicted molar refractivity (Wildman–Crippen MR) is 71.7 cm³/mol. The zero-order valence-electron chi connectivity index (χ0n) is 11.2. The maximum absolute atomic E-state index is 3.80. The van der Waals surface area contributed by atoms with Gasteiger partial charge in [-0.15, -0.1) is 6.58 Å². The Morgan fingerprint density at radius 3 is 2.81 bits per heavy atom. The average Bonchev–Trinajstić information content (AvgIpc) is 2.65. The van der Waals surface area contributed by atoms with E-state index < -0.39 is 0 Å². The molecule has 0 aromatic carbocycles. The summed E-state index contributed by atoms with van der Waals surface area (Å²) in [4.78, 5) is 2.60. The molecule has 0 aliphatic carbocycles. The van der Waals surface area contributed by atoms with Gasteiger partial charge in [0.05, 0.1) is 0 Å². The van der Waals surface area contributed by atoms with Gasteiger partial charge in [0.2, 0.25) is 0 Å². The smallest absolute Gasteiger partial charge is 0.0110 e. The molecule has 0 spiro atoms. The molecule has 3 unspecified atom stereocenters. The van der Waals surface area contributed by atoms with Gasteiger partial charge >= 0.3 is 0 Å². The van der Waals surface area contributed by atoms with Crippen molar-refractivity contribution < 1.29 is 0 Å². The summed E-state index contributed by atoms with van der Waals surface area (Å²) in [5, 5.41) is 3.63. The zero-order chi connectivity index (χ0) is 12.0. The van der Waals surface area contributed by atoms with Crippen LogP contribution in [0.15, 0.2) is 12.7 Å². The van der Waals surface area contributed by atoms with E-state index >= 15 is 0 Å². The second kappa shape index (κ2) is 7.08. The van der Waals surface area contributed by atoms with Gasteiger partial charge in [0.1, 0.15) is 0 Å². The summed E-state index contributed by atoms with van der Waals surface area (Å²) < 4.78 is 0. The summed E-state index contributed by atoms with van der Waals surface area (Å²) in [6, 6.07) is 1.39. The molecular weight excluding hydrogens is 196 g/mol. The molecule has 0 radical (unpaired) electrons. The highest BCUT2D eigenvalue weighted by Gasteiger charge is 2.19. The molecule has 0 bridgehead atoms. The van der Waals surface area contributed by atoms with Crippen LogP contribution in [0.3, 0.4) is 0 Å². The lowest BCUT2D eigenvalue weighted by molar-refractivity contribution is 0.259. The highest BCUT2D eigenvalue weighted by atomic mass is 15.2. The molecule has 1 rings (SSSR count). The third-order valence-corrected chi connectivity index (χ3v) is 3.95. The lowest BCUT2D eigenvalue weighted by atomic mass is 10.00. The first-order chi connectivity index (χ1) is 7.65. The first-order valence-electron chi connectivity index (χ1n) is 6.73. The summed E-state index contributed by atoms with van der Waals surface area (Å²) >= 11 is 0. The Balaban J connectivity index is 2.12. The molecule has 1 fully saturated rings. The summed E-state index contributed by atoms with van der Waals surface area (Å²) in [5.41, 5.74) is 0. The molecular formula is C14H28N2. The Kier molecular flexibility index (Phi) is 6.07. The SMILES string of the molecule is C=CCC(C)C(C)NCCN1CCCC1C. The highest BCUT2D eigenvalue weighted by Crippen LogP contribution is 2.15. The van der Waals surface area contributed by atoms with Gasteiger partial charge in [-0.1, -0.05) is 13.0 Å². The van der Waals surface area contributed by atoms with E-state index in [1.807, 2.05) is 6.08 Å². The molecule has 0 aromatic rings. The summed E-state index contributed by atoms with van der Waals surface area (Å²) in [6.45, 7) is 14.3. The van der Waals surface area contributed by atoms with Gasteiger partial charge in [-0.2, -0.15) is 0 Å². The van der Waals surface area contributed by atoms with E-state index in [0.29, 0.717) is 12.0 Å². The van der Waals surface area contributed by atoms with Crippen molar-refractivity contribution in [1.29, 1.82) is 0 Å². The molecule has 0 saturated carbocycles. The van der Waals surface area contributed by atoms with Crippen molar-refractivity contribution in [2.75, 3.05) is 19.6 Å². The maximum Gasteiger partial charge on any atom is 0.0110 e. The topological polar surface area (TPSA) is 15.3 Å². The Hall–Kier alpha value is -0.340. The minimum atomic E-state index is 0.593. The van der Waals surface area contributed by atoms with Gasteiger partial charge in [0.15, 0.2) is 0 Å². The number of hydrogen-bond acceptors (Lipinski definition) is 2. The van der Waals surface area contributed by atoms with Crippen LogP contribution in [0.25, 0.3) is 0 Å². The van der Waals surface area contributed by atoms with Crippen molar-refractivity contribution >= 4 is 0 Å². The lowest BCUT2D eigenvalue weighted by Gasteiger charge is -2.24. The van der Waals surface area contributed by atoms with Crippen LogP contribution in [0, 0.1) is 5.92 Å². The zero-order valence-corrected chi connectivity index (χ0v) is 11.2. The van der Waals surface area contributed by atoms with Crippen LogP contribution in [-0.2, 0) is 0 Å².